The van der Waals surface area contributed by atoms with Crippen LogP contribution >= 0.6 is 0 Å². The van der Waals surface area contributed by atoms with E-state index >= 15 is 0 Å². The number of ketones is 1. The van der Waals surface area contributed by atoms with Crippen LogP contribution in [0.5, 0.6) is 5.75 Å². The first-order valence-corrected chi connectivity index (χ1v) is 10.1. The highest BCUT2D eigenvalue weighted by atomic mass is 16.5. The van der Waals surface area contributed by atoms with Gasteiger partial charge in [0.2, 0.25) is 0 Å². The topological polar surface area (TPSA) is 70.2 Å². The Kier molecular flexibility index (Phi) is 5.81. The lowest BCUT2D eigenvalue weighted by molar-refractivity contribution is -0.116. The summed E-state index contributed by atoms with van der Waals surface area (Å²) in [5.74, 6) is 0.601. The van der Waals surface area contributed by atoms with Gasteiger partial charge in [-0.25, -0.2) is 9.69 Å². The molecule has 2 aromatic rings. The molecule has 0 atom stereocenters. The van der Waals surface area contributed by atoms with Gasteiger partial charge in [0.1, 0.15) is 12.3 Å². The summed E-state index contributed by atoms with van der Waals surface area (Å²) in [6.07, 6.45) is 1.50. The number of carbonyl (C=O) groups is 3. The fraction of sp³-hybridized carbons (Fsp3) is 0.348. The van der Waals surface area contributed by atoms with E-state index in [1.54, 1.807) is 48.4 Å². The van der Waals surface area contributed by atoms with Gasteiger partial charge in [0.25, 0.3) is 5.91 Å². The predicted molar refractivity (Wildman–Crippen MR) is 113 cm³/mol. The first kappa shape index (κ1) is 20.1. The maximum atomic E-state index is 12.9. The molecule has 0 unspecified atom stereocenters. The monoisotopic (exact) mass is 407 g/mol. The zero-order valence-electron chi connectivity index (χ0n) is 17.0. The number of Topliss-reactive ketones (excluding diaryl/α,β-unsaturated/α-hetero) is 1. The minimum Gasteiger partial charge on any atom is -0.497 e. The van der Waals surface area contributed by atoms with Crippen LogP contribution in [0.25, 0.3) is 0 Å². The molecule has 2 saturated heterocycles. The van der Waals surface area contributed by atoms with Gasteiger partial charge in [-0.2, -0.15) is 0 Å². The smallest absolute Gasteiger partial charge is 0.332 e. The molecule has 3 amide bonds. The average molecular weight is 407 g/mol. The molecule has 0 N–H and O–H groups in total. The average Bonchev–Trinajstić information content (AvgIpc) is 3.08. The Labute approximate surface area is 175 Å². The van der Waals surface area contributed by atoms with Crippen molar-refractivity contribution in [2.24, 2.45) is 0 Å². The van der Waals surface area contributed by atoms with E-state index in [0.717, 1.165) is 31.7 Å². The number of carbonyl (C=O) groups excluding carboxylic acids is 3. The number of para-hydroxylation sites is 1. The van der Waals surface area contributed by atoms with Crippen LogP contribution in [0.3, 0.4) is 0 Å². The summed E-state index contributed by atoms with van der Waals surface area (Å²) in [7, 11) is 1.60. The van der Waals surface area contributed by atoms with Crippen LogP contribution < -0.4 is 9.64 Å². The summed E-state index contributed by atoms with van der Waals surface area (Å²) in [5.41, 5.74) is 1.27. The first-order valence-electron chi connectivity index (χ1n) is 10.1. The summed E-state index contributed by atoms with van der Waals surface area (Å²) >= 11 is 0. The maximum Gasteiger partial charge on any atom is 0.332 e. The molecule has 4 rings (SSSR count). The van der Waals surface area contributed by atoms with Crippen molar-refractivity contribution in [1.82, 2.24) is 9.80 Å². The summed E-state index contributed by atoms with van der Waals surface area (Å²) in [4.78, 5) is 42.9. The molecule has 0 spiro atoms. The largest absolute Gasteiger partial charge is 0.497 e. The van der Waals surface area contributed by atoms with Crippen LogP contribution in [0.2, 0.25) is 0 Å². The number of hydrogen-bond donors (Lipinski definition) is 0. The molecule has 0 bridgehead atoms. The Hall–Kier alpha value is -3.19. The van der Waals surface area contributed by atoms with Crippen molar-refractivity contribution < 1.29 is 19.1 Å². The quantitative estimate of drug-likeness (QED) is 0.544. The van der Waals surface area contributed by atoms with E-state index in [0.29, 0.717) is 17.8 Å². The first-order chi connectivity index (χ1) is 14.6. The molecule has 2 heterocycles. The molecular formula is C23H25N3O4. The molecular weight excluding hydrogens is 382 g/mol. The molecule has 2 aliphatic heterocycles. The van der Waals surface area contributed by atoms with Crippen molar-refractivity contribution in [2.75, 3.05) is 38.2 Å². The minimum absolute atomic E-state index is 0.0162. The number of imide groups is 1. The van der Waals surface area contributed by atoms with Gasteiger partial charge >= 0.3 is 6.03 Å². The number of amides is 3. The van der Waals surface area contributed by atoms with Crippen LogP contribution in [-0.4, -0.2) is 66.9 Å². The molecule has 0 aliphatic carbocycles. The zero-order valence-corrected chi connectivity index (χ0v) is 17.0. The van der Waals surface area contributed by atoms with Crippen molar-refractivity contribution in [3.63, 3.8) is 0 Å². The van der Waals surface area contributed by atoms with Gasteiger partial charge in [0.05, 0.1) is 19.3 Å². The van der Waals surface area contributed by atoms with Crippen molar-refractivity contribution in [2.45, 2.75) is 18.9 Å². The number of anilines is 1. The van der Waals surface area contributed by atoms with E-state index in [-0.39, 0.29) is 30.3 Å². The van der Waals surface area contributed by atoms with E-state index in [1.807, 2.05) is 18.2 Å². The highest BCUT2D eigenvalue weighted by Gasteiger charge is 2.41. The minimum atomic E-state index is -0.251. The second-order valence-electron chi connectivity index (χ2n) is 7.63. The molecule has 7 nitrogen and oxygen atoms in total. The SMILES string of the molecule is COc1ccc(C(=O)CN2CCC(N3CC(=O)N(c4ccccc4)C3=O)CC2)cc1. The highest BCUT2D eigenvalue weighted by Crippen LogP contribution is 2.26. The van der Waals surface area contributed by atoms with Gasteiger partial charge in [-0.3, -0.25) is 14.5 Å². The van der Waals surface area contributed by atoms with E-state index in [4.69, 9.17) is 4.74 Å². The van der Waals surface area contributed by atoms with Gasteiger partial charge in [-0.05, 0) is 49.2 Å². The van der Waals surface area contributed by atoms with Gasteiger partial charge in [0.15, 0.2) is 5.78 Å². The summed E-state index contributed by atoms with van der Waals surface area (Å²) in [6.45, 7) is 1.90. The molecule has 30 heavy (non-hydrogen) atoms. The lowest BCUT2D eigenvalue weighted by atomic mass is 10.0. The van der Waals surface area contributed by atoms with Gasteiger partial charge in [0, 0.05) is 24.7 Å². The fourth-order valence-corrected chi connectivity index (χ4v) is 4.10. The third kappa shape index (κ3) is 4.07. The summed E-state index contributed by atoms with van der Waals surface area (Å²) in [5, 5.41) is 0. The molecule has 7 heteroatoms. The third-order valence-electron chi connectivity index (χ3n) is 5.78. The van der Waals surface area contributed by atoms with Crippen molar-refractivity contribution >= 4 is 23.4 Å². The molecule has 156 valence electrons. The van der Waals surface area contributed by atoms with Gasteiger partial charge in [-0.15, -0.1) is 0 Å². The Morgan fingerprint density at radius 3 is 2.30 bits per heavy atom. The van der Waals surface area contributed by atoms with E-state index < -0.39 is 0 Å². The van der Waals surface area contributed by atoms with Crippen LogP contribution in [-0.2, 0) is 4.79 Å². The standard InChI is InChI=1S/C23H25N3O4/c1-30-20-9-7-17(8-10-20)21(27)15-24-13-11-18(12-14-24)25-16-22(28)26(23(25)29)19-5-3-2-4-6-19/h2-10,18H,11-16H2,1H3. The Bertz CT molecular complexity index is 921. The van der Waals surface area contributed by atoms with E-state index in [2.05, 4.69) is 4.90 Å². The summed E-state index contributed by atoms with van der Waals surface area (Å²) in [6, 6.07) is 15.9. The fourth-order valence-electron chi connectivity index (χ4n) is 4.10. The van der Waals surface area contributed by atoms with E-state index in [1.165, 1.54) is 4.90 Å². The number of methoxy groups -OCH3 is 1. The second kappa shape index (κ2) is 8.67. The number of likely N-dealkylation sites (tertiary alicyclic amines) is 1. The predicted octanol–water partition coefficient (Wildman–Crippen LogP) is 2.81. The van der Waals surface area contributed by atoms with Crippen LogP contribution in [0, 0.1) is 0 Å². The third-order valence-corrected chi connectivity index (χ3v) is 5.78. The normalized spacial score (nSPS) is 18.2. The number of ether oxygens (including phenoxy) is 1. The van der Waals surface area contributed by atoms with Crippen molar-refractivity contribution in [3.8, 4) is 5.75 Å². The molecule has 2 aliphatic rings. The lowest BCUT2D eigenvalue weighted by Gasteiger charge is -2.35. The molecule has 2 fully saturated rings. The number of piperidine rings is 1. The van der Waals surface area contributed by atoms with Crippen LogP contribution in [0.15, 0.2) is 54.6 Å². The van der Waals surface area contributed by atoms with Crippen molar-refractivity contribution in [3.05, 3.63) is 60.2 Å². The number of rotatable bonds is 6. The van der Waals surface area contributed by atoms with Crippen LogP contribution in [0.4, 0.5) is 10.5 Å². The number of hydrogen-bond acceptors (Lipinski definition) is 5. The van der Waals surface area contributed by atoms with Crippen LogP contribution in [0.1, 0.15) is 23.2 Å². The van der Waals surface area contributed by atoms with Crippen molar-refractivity contribution in [1.29, 1.82) is 0 Å². The Morgan fingerprint density at radius 1 is 1.00 bits per heavy atom. The van der Waals surface area contributed by atoms with Gasteiger partial charge < -0.3 is 9.64 Å². The number of nitrogens with zero attached hydrogens (tertiary/aromatic N) is 3. The van der Waals surface area contributed by atoms with E-state index in [9.17, 15) is 14.4 Å². The molecule has 0 radical (unpaired) electrons. The Balaban J connectivity index is 1.32. The Morgan fingerprint density at radius 2 is 1.67 bits per heavy atom. The molecule has 2 aromatic carbocycles. The second-order valence-corrected chi connectivity index (χ2v) is 7.63. The number of benzene rings is 2. The maximum absolute atomic E-state index is 12.9. The number of urea groups is 1. The summed E-state index contributed by atoms with van der Waals surface area (Å²) < 4.78 is 5.13. The molecule has 0 saturated carbocycles. The van der Waals surface area contributed by atoms with Gasteiger partial charge in [-0.1, -0.05) is 18.2 Å². The lowest BCUT2D eigenvalue weighted by Crippen LogP contribution is -2.47. The molecule has 0 aromatic heterocycles. The highest BCUT2D eigenvalue weighted by molar-refractivity contribution is 6.19. The zero-order chi connectivity index (χ0) is 21.1.